The molecule has 1 aliphatic rings. The molecule has 23 heavy (non-hydrogen) atoms. The van der Waals surface area contributed by atoms with Crippen LogP contribution in [0.15, 0.2) is 36.4 Å². The van der Waals surface area contributed by atoms with E-state index in [1.54, 1.807) is 13.2 Å². The minimum atomic E-state index is -0.0322. The molecule has 3 rings (SSSR count). The molecule has 0 spiro atoms. The van der Waals surface area contributed by atoms with Crippen molar-refractivity contribution in [2.75, 3.05) is 20.3 Å². The van der Waals surface area contributed by atoms with E-state index in [1.807, 2.05) is 18.2 Å². The summed E-state index contributed by atoms with van der Waals surface area (Å²) >= 11 is 0. The third kappa shape index (κ3) is 4.00. The quantitative estimate of drug-likeness (QED) is 0.885. The number of rotatable bonds is 6. The van der Waals surface area contributed by atoms with Crippen LogP contribution in [0.1, 0.15) is 16.8 Å². The predicted molar refractivity (Wildman–Crippen MR) is 86.8 cm³/mol. The summed E-state index contributed by atoms with van der Waals surface area (Å²) in [6.45, 7) is 1.38. The number of methoxy groups -OCH3 is 1. The number of hydrogen-bond donors (Lipinski definition) is 1. The topological polar surface area (TPSA) is 60.5 Å². The van der Waals surface area contributed by atoms with E-state index in [1.165, 1.54) is 11.1 Å². The summed E-state index contributed by atoms with van der Waals surface area (Å²) in [5.41, 5.74) is 3.18. The van der Waals surface area contributed by atoms with Gasteiger partial charge < -0.3 is 14.8 Å². The van der Waals surface area contributed by atoms with E-state index in [0.717, 1.165) is 25.2 Å². The van der Waals surface area contributed by atoms with Crippen molar-refractivity contribution in [3.05, 3.63) is 53.2 Å². The van der Waals surface area contributed by atoms with Gasteiger partial charge in [0.05, 0.1) is 25.8 Å². The summed E-state index contributed by atoms with van der Waals surface area (Å²) < 4.78 is 10.6. The van der Waals surface area contributed by atoms with Gasteiger partial charge in [0.15, 0.2) is 0 Å². The third-order valence-electron chi connectivity index (χ3n) is 3.82. The van der Waals surface area contributed by atoms with Crippen LogP contribution in [0, 0.1) is 0 Å². The van der Waals surface area contributed by atoms with Gasteiger partial charge in [-0.05, 0) is 29.7 Å². The second-order valence-electron chi connectivity index (χ2n) is 5.49. The van der Waals surface area contributed by atoms with Crippen molar-refractivity contribution in [3.8, 4) is 11.6 Å². The lowest BCUT2D eigenvalue weighted by molar-refractivity contribution is -0.120. The summed E-state index contributed by atoms with van der Waals surface area (Å²) in [5, 5.41) is 2.93. The lowest BCUT2D eigenvalue weighted by atomic mass is 10.1. The van der Waals surface area contributed by atoms with Crippen LogP contribution in [0.2, 0.25) is 0 Å². The van der Waals surface area contributed by atoms with Crippen molar-refractivity contribution in [1.29, 1.82) is 0 Å². The molecule has 0 aliphatic carbocycles. The molecule has 0 unspecified atom stereocenters. The maximum absolute atomic E-state index is 12.0. The number of carbonyl (C=O) groups is 1. The van der Waals surface area contributed by atoms with Gasteiger partial charge in [-0.1, -0.05) is 18.2 Å². The highest BCUT2D eigenvalue weighted by Gasteiger charge is 2.12. The fraction of sp³-hybridized carbons (Fsp3) is 0.333. The molecule has 0 radical (unpaired) electrons. The fourth-order valence-corrected chi connectivity index (χ4v) is 2.64. The maximum atomic E-state index is 12.0. The maximum Gasteiger partial charge on any atom is 0.226 e. The van der Waals surface area contributed by atoms with Gasteiger partial charge in [0.1, 0.15) is 5.75 Å². The van der Waals surface area contributed by atoms with Crippen molar-refractivity contribution in [2.45, 2.75) is 19.3 Å². The Kier molecular flexibility index (Phi) is 4.76. The van der Waals surface area contributed by atoms with Crippen molar-refractivity contribution in [1.82, 2.24) is 10.3 Å². The zero-order valence-corrected chi connectivity index (χ0v) is 13.2. The first kappa shape index (κ1) is 15.3. The van der Waals surface area contributed by atoms with Gasteiger partial charge in [-0.2, -0.15) is 0 Å². The lowest BCUT2D eigenvalue weighted by Crippen LogP contribution is -2.27. The first-order valence-electron chi connectivity index (χ1n) is 7.76. The highest BCUT2D eigenvalue weighted by Crippen LogP contribution is 2.25. The van der Waals surface area contributed by atoms with Gasteiger partial charge in [0.2, 0.25) is 11.8 Å². The monoisotopic (exact) mass is 312 g/mol. The zero-order chi connectivity index (χ0) is 16.1. The van der Waals surface area contributed by atoms with Gasteiger partial charge in [-0.25, -0.2) is 4.98 Å². The van der Waals surface area contributed by atoms with E-state index < -0.39 is 0 Å². The van der Waals surface area contributed by atoms with Gasteiger partial charge in [-0.15, -0.1) is 0 Å². The van der Waals surface area contributed by atoms with E-state index in [2.05, 4.69) is 22.4 Å². The average Bonchev–Trinajstić information content (AvgIpc) is 3.02. The number of carbonyl (C=O) groups excluding carboxylic acids is 1. The minimum absolute atomic E-state index is 0.0322. The van der Waals surface area contributed by atoms with Gasteiger partial charge in [0, 0.05) is 19.0 Å². The smallest absolute Gasteiger partial charge is 0.226 e. The highest BCUT2D eigenvalue weighted by molar-refractivity contribution is 5.78. The van der Waals surface area contributed by atoms with E-state index in [4.69, 9.17) is 9.47 Å². The van der Waals surface area contributed by atoms with E-state index in [0.29, 0.717) is 18.1 Å². The molecule has 1 aromatic carbocycles. The van der Waals surface area contributed by atoms with Crippen LogP contribution in [0.3, 0.4) is 0 Å². The number of aromatic nitrogens is 1. The summed E-state index contributed by atoms with van der Waals surface area (Å²) in [5.74, 6) is 1.48. The van der Waals surface area contributed by atoms with Crippen LogP contribution in [0.25, 0.3) is 0 Å². The molecule has 0 saturated heterocycles. The average molecular weight is 312 g/mol. The molecule has 0 fully saturated rings. The second kappa shape index (κ2) is 7.13. The van der Waals surface area contributed by atoms with Crippen LogP contribution in [0.5, 0.6) is 11.6 Å². The minimum Gasteiger partial charge on any atom is -0.493 e. The molecular weight excluding hydrogens is 292 g/mol. The Balaban J connectivity index is 1.47. The number of ether oxygens (including phenoxy) is 2. The number of fused-ring (bicyclic) bond motifs is 1. The standard InChI is InChI=1S/C18H20N2O3/c1-22-18-4-2-3-15(20-18)12-17(21)19-9-7-13-5-6-16-14(11-13)8-10-23-16/h2-6,11H,7-10,12H2,1H3,(H,19,21). The van der Waals surface area contributed by atoms with Crippen LogP contribution >= 0.6 is 0 Å². The molecule has 0 bridgehead atoms. The zero-order valence-electron chi connectivity index (χ0n) is 13.2. The molecular formula is C18H20N2O3. The molecule has 1 aromatic heterocycles. The molecule has 5 nitrogen and oxygen atoms in total. The second-order valence-corrected chi connectivity index (χ2v) is 5.49. The molecule has 1 N–H and O–H groups in total. The Labute approximate surface area is 135 Å². The number of nitrogens with one attached hydrogen (secondary N) is 1. The number of hydrogen-bond acceptors (Lipinski definition) is 4. The number of benzene rings is 1. The largest absolute Gasteiger partial charge is 0.493 e. The summed E-state index contributed by atoms with van der Waals surface area (Å²) in [7, 11) is 1.56. The van der Waals surface area contributed by atoms with Gasteiger partial charge in [0.25, 0.3) is 0 Å². The molecule has 120 valence electrons. The van der Waals surface area contributed by atoms with Crippen molar-refractivity contribution in [2.24, 2.45) is 0 Å². The summed E-state index contributed by atoms with van der Waals surface area (Å²) in [6.07, 6.45) is 2.04. The Hall–Kier alpha value is -2.56. The number of nitrogens with zero attached hydrogens (tertiary/aromatic N) is 1. The summed E-state index contributed by atoms with van der Waals surface area (Å²) in [6, 6.07) is 11.7. The SMILES string of the molecule is COc1cccc(CC(=O)NCCc2ccc3c(c2)CCO3)n1. The molecule has 0 saturated carbocycles. The Morgan fingerprint density at radius 2 is 2.26 bits per heavy atom. The molecule has 0 atom stereocenters. The first-order valence-corrected chi connectivity index (χ1v) is 7.76. The van der Waals surface area contributed by atoms with Crippen molar-refractivity contribution in [3.63, 3.8) is 0 Å². The Morgan fingerprint density at radius 3 is 3.13 bits per heavy atom. The molecule has 5 heteroatoms. The molecule has 1 amide bonds. The normalized spacial score (nSPS) is 12.4. The highest BCUT2D eigenvalue weighted by atomic mass is 16.5. The van der Waals surface area contributed by atoms with E-state index in [-0.39, 0.29) is 12.3 Å². The van der Waals surface area contributed by atoms with Gasteiger partial charge in [-0.3, -0.25) is 4.79 Å². The van der Waals surface area contributed by atoms with Gasteiger partial charge >= 0.3 is 0 Å². The molecule has 1 aliphatic heterocycles. The van der Waals surface area contributed by atoms with Crippen LogP contribution < -0.4 is 14.8 Å². The van der Waals surface area contributed by atoms with E-state index in [9.17, 15) is 4.79 Å². The van der Waals surface area contributed by atoms with Crippen molar-refractivity contribution < 1.29 is 14.3 Å². The van der Waals surface area contributed by atoms with E-state index >= 15 is 0 Å². The lowest BCUT2D eigenvalue weighted by Gasteiger charge is -2.07. The van der Waals surface area contributed by atoms with Crippen LogP contribution in [0.4, 0.5) is 0 Å². The summed E-state index contributed by atoms with van der Waals surface area (Å²) in [4.78, 5) is 16.2. The van der Waals surface area contributed by atoms with Crippen LogP contribution in [-0.2, 0) is 24.1 Å². The number of pyridine rings is 1. The first-order chi connectivity index (χ1) is 11.2. The Morgan fingerprint density at radius 1 is 1.35 bits per heavy atom. The molecule has 2 aromatic rings. The Bertz CT molecular complexity index is 700. The van der Waals surface area contributed by atoms with Crippen LogP contribution in [-0.4, -0.2) is 31.2 Å². The molecule has 2 heterocycles. The predicted octanol–water partition coefficient (Wildman–Crippen LogP) is 1.93. The third-order valence-corrected chi connectivity index (χ3v) is 3.82. The van der Waals surface area contributed by atoms with Crippen molar-refractivity contribution >= 4 is 5.91 Å². The number of amides is 1. The fourth-order valence-electron chi connectivity index (χ4n) is 2.64.